The highest BCUT2D eigenvalue weighted by molar-refractivity contribution is 5.77. The first-order chi connectivity index (χ1) is 9.24. The largest absolute Gasteiger partial charge is 0.459 e. The lowest BCUT2D eigenvalue weighted by Gasteiger charge is -2.23. The molecular formula is C17H23NO. The van der Waals surface area contributed by atoms with E-state index in [0.717, 1.165) is 17.3 Å². The van der Waals surface area contributed by atoms with E-state index >= 15 is 0 Å². The number of benzene rings is 1. The Bertz CT molecular complexity index is 506. The van der Waals surface area contributed by atoms with Crippen LogP contribution in [0.5, 0.6) is 0 Å². The number of nitrogens with one attached hydrogen (secondary N) is 1. The first-order valence-electron chi connectivity index (χ1n) is 7.48. The fraction of sp³-hybridized carbons (Fsp3) is 0.529. The first-order valence-corrected chi connectivity index (χ1v) is 7.48. The third-order valence-electron chi connectivity index (χ3n) is 4.49. The summed E-state index contributed by atoms with van der Waals surface area (Å²) in [6, 6.07) is 11.2. The number of para-hydroxylation sites is 1. The Morgan fingerprint density at radius 3 is 2.63 bits per heavy atom. The lowest BCUT2D eigenvalue weighted by atomic mass is 9.99. The van der Waals surface area contributed by atoms with Gasteiger partial charge in [-0.1, -0.05) is 31.0 Å². The molecule has 0 aliphatic heterocycles. The van der Waals surface area contributed by atoms with Crippen molar-refractivity contribution in [3.05, 3.63) is 36.1 Å². The van der Waals surface area contributed by atoms with Gasteiger partial charge >= 0.3 is 0 Å². The van der Waals surface area contributed by atoms with E-state index in [1.165, 1.54) is 31.1 Å². The predicted octanol–water partition coefficient (Wildman–Crippen LogP) is 4.66. The van der Waals surface area contributed by atoms with Gasteiger partial charge in [-0.05, 0) is 44.7 Å². The lowest BCUT2D eigenvalue weighted by Crippen LogP contribution is -2.34. The fourth-order valence-electron chi connectivity index (χ4n) is 3.29. The molecule has 1 aliphatic rings. The van der Waals surface area contributed by atoms with E-state index < -0.39 is 0 Å². The van der Waals surface area contributed by atoms with Gasteiger partial charge in [0.1, 0.15) is 11.3 Å². The highest BCUT2D eigenvalue weighted by atomic mass is 16.3. The quantitative estimate of drug-likeness (QED) is 0.861. The number of hydrogen-bond acceptors (Lipinski definition) is 2. The minimum Gasteiger partial charge on any atom is -0.459 e. The molecule has 102 valence electrons. The van der Waals surface area contributed by atoms with Crippen molar-refractivity contribution >= 4 is 11.0 Å². The molecule has 0 radical (unpaired) electrons. The van der Waals surface area contributed by atoms with Crippen LogP contribution in [0.3, 0.4) is 0 Å². The van der Waals surface area contributed by atoms with Crippen molar-refractivity contribution in [2.45, 2.75) is 51.6 Å². The van der Waals surface area contributed by atoms with E-state index in [1.54, 1.807) is 0 Å². The zero-order chi connectivity index (χ0) is 13.2. The molecule has 3 rings (SSSR count). The molecule has 1 aromatic carbocycles. The van der Waals surface area contributed by atoms with Gasteiger partial charge in [-0.3, -0.25) is 0 Å². The second kappa shape index (κ2) is 5.38. The molecule has 0 saturated heterocycles. The van der Waals surface area contributed by atoms with E-state index in [1.807, 2.05) is 12.1 Å². The predicted molar refractivity (Wildman–Crippen MR) is 79.2 cm³/mol. The Morgan fingerprint density at radius 2 is 1.89 bits per heavy atom. The Balaban J connectivity index is 1.70. The molecule has 1 N–H and O–H groups in total. The van der Waals surface area contributed by atoms with Crippen LogP contribution >= 0.6 is 0 Å². The number of fused-ring (bicyclic) bond motifs is 1. The van der Waals surface area contributed by atoms with Crippen LogP contribution in [-0.4, -0.2) is 6.04 Å². The maximum atomic E-state index is 5.93. The van der Waals surface area contributed by atoms with E-state index in [2.05, 4.69) is 37.4 Å². The summed E-state index contributed by atoms with van der Waals surface area (Å²) in [5, 5.41) is 4.90. The van der Waals surface area contributed by atoms with Crippen LogP contribution in [0, 0.1) is 5.92 Å². The normalized spacial score (nSPS) is 19.9. The zero-order valence-electron chi connectivity index (χ0n) is 11.9. The summed E-state index contributed by atoms with van der Waals surface area (Å²) in [4.78, 5) is 0. The average Bonchev–Trinajstić information content (AvgIpc) is 3.07. The van der Waals surface area contributed by atoms with Gasteiger partial charge < -0.3 is 9.73 Å². The highest BCUT2D eigenvalue weighted by Gasteiger charge is 2.23. The maximum Gasteiger partial charge on any atom is 0.134 e. The average molecular weight is 257 g/mol. The molecule has 1 aromatic heterocycles. The van der Waals surface area contributed by atoms with Gasteiger partial charge in [-0.2, -0.15) is 0 Å². The SMILES string of the molecule is CC(N[C@H](C)C1CCCC1)c1cc2ccccc2o1. The Hall–Kier alpha value is -1.28. The maximum absolute atomic E-state index is 5.93. The van der Waals surface area contributed by atoms with E-state index in [9.17, 15) is 0 Å². The molecule has 1 aliphatic carbocycles. The molecule has 2 atom stereocenters. The van der Waals surface area contributed by atoms with Crippen molar-refractivity contribution < 1.29 is 4.42 Å². The molecule has 0 bridgehead atoms. The summed E-state index contributed by atoms with van der Waals surface area (Å²) in [6.45, 7) is 4.51. The second-order valence-corrected chi connectivity index (χ2v) is 5.91. The summed E-state index contributed by atoms with van der Waals surface area (Å²) >= 11 is 0. The molecule has 2 nitrogen and oxygen atoms in total. The van der Waals surface area contributed by atoms with Crippen molar-refractivity contribution in [1.29, 1.82) is 0 Å². The van der Waals surface area contributed by atoms with Crippen LogP contribution in [0.4, 0.5) is 0 Å². The molecule has 2 aromatic rings. The molecule has 2 heteroatoms. The molecule has 1 unspecified atom stereocenters. The molecule has 19 heavy (non-hydrogen) atoms. The first kappa shape index (κ1) is 12.7. The van der Waals surface area contributed by atoms with Crippen molar-refractivity contribution in [2.75, 3.05) is 0 Å². The van der Waals surface area contributed by atoms with E-state index in [4.69, 9.17) is 4.42 Å². The Labute approximate surface area is 115 Å². The van der Waals surface area contributed by atoms with E-state index in [0.29, 0.717) is 6.04 Å². The summed E-state index contributed by atoms with van der Waals surface area (Å²) in [5.74, 6) is 1.89. The highest BCUT2D eigenvalue weighted by Crippen LogP contribution is 2.30. The minimum atomic E-state index is 0.281. The van der Waals surface area contributed by atoms with Gasteiger partial charge in [0, 0.05) is 11.4 Å². The fourth-order valence-corrected chi connectivity index (χ4v) is 3.29. The van der Waals surface area contributed by atoms with Crippen LogP contribution < -0.4 is 5.32 Å². The van der Waals surface area contributed by atoms with Crippen molar-refractivity contribution in [2.24, 2.45) is 5.92 Å². The molecule has 1 fully saturated rings. The standard InChI is InChI=1S/C17H23NO/c1-12(14-7-3-4-8-14)18-13(2)17-11-15-9-5-6-10-16(15)19-17/h5-6,9-14,18H,3-4,7-8H2,1-2H3/t12-,13?/m1/s1. The minimum absolute atomic E-state index is 0.281. The number of hydrogen-bond donors (Lipinski definition) is 1. The number of furan rings is 1. The third-order valence-corrected chi connectivity index (χ3v) is 4.49. The summed E-state index contributed by atoms with van der Waals surface area (Å²) in [5.41, 5.74) is 0.986. The Kier molecular flexibility index (Phi) is 3.61. The van der Waals surface area contributed by atoms with Crippen LogP contribution in [0.1, 0.15) is 51.3 Å². The van der Waals surface area contributed by atoms with Crippen LogP contribution in [0.2, 0.25) is 0 Å². The summed E-state index contributed by atoms with van der Waals surface area (Å²) in [6.07, 6.45) is 5.55. The molecule has 0 amide bonds. The summed E-state index contributed by atoms with van der Waals surface area (Å²) in [7, 11) is 0. The lowest BCUT2D eigenvalue weighted by molar-refractivity contribution is 0.331. The Morgan fingerprint density at radius 1 is 1.16 bits per heavy atom. The van der Waals surface area contributed by atoms with Gasteiger partial charge in [0.15, 0.2) is 0 Å². The van der Waals surface area contributed by atoms with Crippen LogP contribution in [0.25, 0.3) is 11.0 Å². The zero-order valence-corrected chi connectivity index (χ0v) is 11.9. The third kappa shape index (κ3) is 2.69. The van der Waals surface area contributed by atoms with E-state index in [-0.39, 0.29) is 6.04 Å². The van der Waals surface area contributed by atoms with Gasteiger partial charge in [0.05, 0.1) is 6.04 Å². The monoisotopic (exact) mass is 257 g/mol. The van der Waals surface area contributed by atoms with Crippen LogP contribution in [0.15, 0.2) is 34.7 Å². The van der Waals surface area contributed by atoms with Gasteiger partial charge in [-0.25, -0.2) is 0 Å². The van der Waals surface area contributed by atoms with Crippen molar-refractivity contribution in [1.82, 2.24) is 5.32 Å². The van der Waals surface area contributed by atoms with Crippen molar-refractivity contribution in [3.8, 4) is 0 Å². The van der Waals surface area contributed by atoms with Crippen molar-refractivity contribution in [3.63, 3.8) is 0 Å². The second-order valence-electron chi connectivity index (χ2n) is 5.91. The molecule has 0 spiro atoms. The topological polar surface area (TPSA) is 25.2 Å². The van der Waals surface area contributed by atoms with Gasteiger partial charge in [-0.15, -0.1) is 0 Å². The molecule has 1 saturated carbocycles. The summed E-state index contributed by atoms with van der Waals surface area (Å²) < 4.78 is 5.93. The molecule has 1 heterocycles. The number of rotatable bonds is 4. The smallest absolute Gasteiger partial charge is 0.134 e. The molecular weight excluding hydrogens is 234 g/mol. The van der Waals surface area contributed by atoms with Gasteiger partial charge in [0.25, 0.3) is 0 Å². The van der Waals surface area contributed by atoms with Gasteiger partial charge in [0.2, 0.25) is 0 Å². The van der Waals surface area contributed by atoms with Crippen LogP contribution in [-0.2, 0) is 0 Å².